The van der Waals surface area contributed by atoms with Crippen LogP contribution in [0.15, 0.2) is 15.9 Å². The van der Waals surface area contributed by atoms with E-state index in [1.54, 1.807) is 0 Å². The van der Waals surface area contributed by atoms with E-state index in [4.69, 9.17) is 0 Å². The second-order valence-electron chi connectivity index (χ2n) is 6.53. The van der Waals surface area contributed by atoms with Crippen molar-refractivity contribution < 1.29 is 0 Å². The molecular formula is C17H27BrN2S. The summed E-state index contributed by atoms with van der Waals surface area (Å²) in [5.41, 5.74) is 0.420. The monoisotopic (exact) mass is 370 g/mol. The fourth-order valence-corrected chi connectivity index (χ4v) is 5.92. The van der Waals surface area contributed by atoms with Gasteiger partial charge >= 0.3 is 0 Å². The van der Waals surface area contributed by atoms with E-state index in [1.165, 1.54) is 66.7 Å². The van der Waals surface area contributed by atoms with E-state index in [-0.39, 0.29) is 0 Å². The summed E-state index contributed by atoms with van der Waals surface area (Å²) in [5.74, 6) is 0. The largest absolute Gasteiger partial charge is 0.312 e. The van der Waals surface area contributed by atoms with Crippen molar-refractivity contribution in [3.05, 3.63) is 20.8 Å². The highest BCUT2D eigenvalue weighted by Gasteiger charge is 2.46. The predicted octanol–water partition coefficient (Wildman–Crippen LogP) is 4.44. The molecule has 3 rings (SSSR count). The van der Waals surface area contributed by atoms with Gasteiger partial charge in [-0.05, 0) is 79.8 Å². The van der Waals surface area contributed by atoms with Gasteiger partial charge in [-0.1, -0.05) is 19.8 Å². The topological polar surface area (TPSA) is 15.3 Å². The van der Waals surface area contributed by atoms with Gasteiger partial charge in [-0.15, -0.1) is 11.3 Å². The molecule has 0 amide bonds. The molecule has 1 N–H and O–H groups in total. The molecule has 1 aliphatic carbocycles. The minimum Gasteiger partial charge on any atom is -0.312 e. The van der Waals surface area contributed by atoms with E-state index >= 15 is 0 Å². The number of halogens is 1. The van der Waals surface area contributed by atoms with Gasteiger partial charge in [0.05, 0.1) is 3.79 Å². The van der Waals surface area contributed by atoms with Crippen LogP contribution in [0.3, 0.4) is 0 Å². The first-order valence-corrected chi connectivity index (χ1v) is 10.1. The quantitative estimate of drug-likeness (QED) is 0.795. The molecule has 1 aromatic rings. The van der Waals surface area contributed by atoms with Crippen molar-refractivity contribution in [3.8, 4) is 0 Å². The van der Waals surface area contributed by atoms with Crippen molar-refractivity contribution in [1.29, 1.82) is 0 Å². The third kappa shape index (κ3) is 3.39. The summed E-state index contributed by atoms with van der Waals surface area (Å²) in [4.78, 5) is 4.34. The normalized spacial score (nSPS) is 23.7. The molecule has 1 atom stereocenters. The molecule has 1 saturated carbocycles. The van der Waals surface area contributed by atoms with Gasteiger partial charge in [0.15, 0.2) is 0 Å². The number of likely N-dealkylation sites (N-methyl/N-ethyl adjacent to an activating group) is 1. The van der Waals surface area contributed by atoms with E-state index in [1.807, 2.05) is 11.3 Å². The molecule has 0 bridgehead atoms. The standard InChI is InChI=1S/C17H27BrN2S/c1-2-19-15(13-14-7-8-16(18)21-14)17(9-3-4-10-17)20-11-5-6-12-20/h7-8,15,19H,2-6,9-13H2,1H3. The lowest BCUT2D eigenvalue weighted by atomic mass is 9.83. The number of likely N-dealkylation sites (tertiary alicyclic amines) is 1. The molecule has 1 saturated heterocycles. The maximum Gasteiger partial charge on any atom is 0.0701 e. The van der Waals surface area contributed by atoms with Crippen LogP contribution in [0.4, 0.5) is 0 Å². The zero-order valence-corrected chi connectivity index (χ0v) is 15.4. The average Bonchev–Trinajstić information content (AvgIpc) is 3.20. The fourth-order valence-electron chi connectivity index (χ4n) is 4.40. The summed E-state index contributed by atoms with van der Waals surface area (Å²) in [7, 11) is 0. The van der Waals surface area contributed by atoms with Gasteiger partial charge in [-0.2, -0.15) is 0 Å². The minimum atomic E-state index is 0.420. The number of rotatable bonds is 6. The van der Waals surface area contributed by atoms with E-state index in [0.29, 0.717) is 11.6 Å². The van der Waals surface area contributed by atoms with Crippen LogP contribution >= 0.6 is 27.3 Å². The van der Waals surface area contributed by atoms with Gasteiger partial charge in [0.1, 0.15) is 0 Å². The van der Waals surface area contributed by atoms with Crippen molar-refractivity contribution in [1.82, 2.24) is 10.2 Å². The van der Waals surface area contributed by atoms with Crippen LogP contribution in [-0.4, -0.2) is 36.1 Å². The second kappa shape index (κ2) is 7.12. The maximum absolute atomic E-state index is 3.85. The number of nitrogens with one attached hydrogen (secondary N) is 1. The smallest absolute Gasteiger partial charge is 0.0701 e. The number of hydrogen-bond acceptors (Lipinski definition) is 3. The molecule has 2 nitrogen and oxygen atoms in total. The lowest BCUT2D eigenvalue weighted by molar-refractivity contribution is 0.0775. The minimum absolute atomic E-state index is 0.420. The molecule has 0 spiro atoms. The summed E-state index contributed by atoms with van der Waals surface area (Å²) in [5, 5.41) is 3.85. The molecule has 0 radical (unpaired) electrons. The van der Waals surface area contributed by atoms with Gasteiger partial charge < -0.3 is 5.32 Å². The Morgan fingerprint density at radius 3 is 2.52 bits per heavy atom. The average molecular weight is 371 g/mol. The Balaban J connectivity index is 1.81. The summed E-state index contributed by atoms with van der Waals surface area (Å²) >= 11 is 5.51. The van der Waals surface area contributed by atoms with Crippen molar-refractivity contribution >= 4 is 27.3 Å². The maximum atomic E-state index is 3.85. The van der Waals surface area contributed by atoms with E-state index in [2.05, 4.69) is 45.2 Å². The summed E-state index contributed by atoms with van der Waals surface area (Å²) < 4.78 is 1.26. The summed E-state index contributed by atoms with van der Waals surface area (Å²) in [6, 6.07) is 5.10. The van der Waals surface area contributed by atoms with E-state index in [9.17, 15) is 0 Å². The molecule has 4 heteroatoms. The second-order valence-corrected chi connectivity index (χ2v) is 9.07. The molecule has 2 heterocycles. The van der Waals surface area contributed by atoms with Gasteiger partial charge in [0.2, 0.25) is 0 Å². The van der Waals surface area contributed by atoms with Crippen molar-refractivity contribution in [2.75, 3.05) is 19.6 Å². The molecule has 0 aromatic carbocycles. The van der Waals surface area contributed by atoms with E-state index < -0.39 is 0 Å². The third-order valence-electron chi connectivity index (χ3n) is 5.34. The zero-order valence-electron chi connectivity index (χ0n) is 13.0. The zero-order chi connectivity index (χ0) is 14.7. The van der Waals surface area contributed by atoms with Gasteiger partial charge in [-0.25, -0.2) is 0 Å². The SMILES string of the molecule is CCNC(Cc1ccc(Br)s1)C1(N2CCCC2)CCCC1. The Hall–Kier alpha value is 0.1000. The van der Waals surface area contributed by atoms with Crippen LogP contribution in [0.25, 0.3) is 0 Å². The Kier molecular flexibility index (Phi) is 5.41. The van der Waals surface area contributed by atoms with Crippen LogP contribution in [0.5, 0.6) is 0 Å². The molecule has 2 aliphatic rings. The Morgan fingerprint density at radius 2 is 1.95 bits per heavy atom. The third-order valence-corrected chi connectivity index (χ3v) is 6.98. The summed E-state index contributed by atoms with van der Waals surface area (Å²) in [6.45, 7) is 5.96. The molecular weight excluding hydrogens is 344 g/mol. The van der Waals surface area contributed by atoms with Gasteiger partial charge in [0.25, 0.3) is 0 Å². The molecule has 2 fully saturated rings. The van der Waals surface area contributed by atoms with Crippen molar-refractivity contribution in [3.63, 3.8) is 0 Å². The molecule has 118 valence electrons. The van der Waals surface area contributed by atoms with Crippen LogP contribution < -0.4 is 5.32 Å². The first-order chi connectivity index (χ1) is 10.2. The first kappa shape index (κ1) is 16.0. The van der Waals surface area contributed by atoms with Crippen molar-refractivity contribution in [2.24, 2.45) is 0 Å². The molecule has 1 aromatic heterocycles. The molecule has 21 heavy (non-hydrogen) atoms. The van der Waals surface area contributed by atoms with Crippen LogP contribution in [0, 0.1) is 0 Å². The Bertz CT molecular complexity index is 447. The van der Waals surface area contributed by atoms with Gasteiger partial charge in [-0.3, -0.25) is 4.90 Å². The van der Waals surface area contributed by atoms with Gasteiger partial charge in [0, 0.05) is 16.5 Å². The van der Waals surface area contributed by atoms with Crippen LogP contribution in [0.2, 0.25) is 0 Å². The Labute approximate surface area is 141 Å². The Morgan fingerprint density at radius 1 is 1.24 bits per heavy atom. The van der Waals surface area contributed by atoms with Crippen LogP contribution in [-0.2, 0) is 6.42 Å². The fraction of sp³-hybridized carbons (Fsp3) is 0.765. The predicted molar refractivity (Wildman–Crippen MR) is 95.2 cm³/mol. The van der Waals surface area contributed by atoms with Crippen LogP contribution in [0.1, 0.15) is 50.3 Å². The molecule has 1 unspecified atom stereocenters. The lowest BCUT2D eigenvalue weighted by Gasteiger charge is -2.45. The highest BCUT2D eigenvalue weighted by molar-refractivity contribution is 9.11. The van der Waals surface area contributed by atoms with Crippen molar-refractivity contribution in [2.45, 2.75) is 63.5 Å². The first-order valence-electron chi connectivity index (χ1n) is 8.47. The lowest BCUT2D eigenvalue weighted by Crippen LogP contribution is -2.60. The highest BCUT2D eigenvalue weighted by Crippen LogP contribution is 2.41. The summed E-state index contributed by atoms with van der Waals surface area (Å²) in [6.07, 6.45) is 9.56. The van der Waals surface area contributed by atoms with E-state index in [0.717, 1.165) is 6.54 Å². The number of nitrogens with zero attached hydrogens (tertiary/aromatic N) is 1. The molecule has 1 aliphatic heterocycles. The highest BCUT2D eigenvalue weighted by atomic mass is 79.9. The number of hydrogen-bond donors (Lipinski definition) is 1. The number of thiophene rings is 1.